The van der Waals surface area contributed by atoms with E-state index in [0.29, 0.717) is 13.0 Å². The van der Waals surface area contributed by atoms with E-state index in [9.17, 15) is 9.90 Å². The average molecular weight is 252 g/mol. The van der Waals surface area contributed by atoms with Crippen molar-refractivity contribution in [2.75, 3.05) is 13.2 Å². The molecule has 1 atom stereocenters. The Kier molecular flexibility index (Phi) is 6.14. The van der Waals surface area contributed by atoms with Gasteiger partial charge < -0.3 is 10.4 Å². The summed E-state index contributed by atoms with van der Waals surface area (Å²) < 4.78 is 0. The number of hydrogen-bond acceptors (Lipinski definition) is 3. The van der Waals surface area contributed by atoms with E-state index in [0.717, 1.165) is 32.1 Å². The summed E-state index contributed by atoms with van der Waals surface area (Å²) in [6, 6.07) is 2.05. The first-order valence-corrected chi connectivity index (χ1v) is 6.95. The number of rotatable bonds is 6. The molecular formula is C14H24N2O2. The lowest BCUT2D eigenvalue weighted by atomic mass is 9.74. The number of amides is 1. The van der Waals surface area contributed by atoms with Crippen LogP contribution in [0.2, 0.25) is 0 Å². The highest BCUT2D eigenvalue weighted by atomic mass is 16.3. The van der Waals surface area contributed by atoms with Crippen LogP contribution in [0.5, 0.6) is 0 Å². The third kappa shape index (κ3) is 3.99. The molecule has 0 aromatic heterocycles. The zero-order valence-electron chi connectivity index (χ0n) is 11.2. The standard InChI is InChI=1S/C14H24N2O2/c1-2-6-12(9-15)13(18)16-10-14(11-17)7-4-3-5-8-14/h12,17H,2-8,10-11H2,1H3,(H,16,18). The molecule has 18 heavy (non-hydrogen) atoms. The van der Waals surface area contributed by atoms with E-state index in [1.807, 2.05) is 13.0 Å². The number of aliphatic hydroxyl groups is 1. The molecule has 1 aliphatic rings. The molecule has 0 aromatic carbocycles. The van der Waals surface area contributed by atoms with Crippen LogP contribution in [0.4, 0.5) is 0 Å². The highest BCUT2D eigenvalue weighted by molar-refractivity contribution is 5.81. The molecule has 0 saturated heterocycles. The second-order valence-electron chi connectivity index (χ2n) is 5.41. The van der Waals surface area contributed by atoms with Gasteiger partial charge in [-0.15, -0.1) is 0 Å². The molecule has 0 heterocycles. The van der Waals surface area contributed by atoms with Gasteiger partial charge in [-0.05, 0) is 19.3 Å². The van der Waals surface area contributed by atoms with Crippen molar-refractivity contribution < 1.29 is 9.90 Å². The van der Waals surface area contributed by atoms with Crippen LogP contribution in [0.1, 0.15) is 51.9 Å². The molecule has 0 aliphatic heterocycles. The van der Waals surface area contributed by atoms with Crippen molar-refractivity contribution in [1.82, 2.24) is 5.32 Å². The summed E-state index contributed by atoms with van der Waals surface area (Å²) in [5.41, 5.74) is -0.153. The number of hydrogen-bond donors (Lipinski definition) is 2. The minimum atomic E-state index is -0.547. The SMILES string of the molecule is CCCC(C#N)C(=O)NCC1(CO)CCCCC1. The molecule has 0 aromatic rings. The van der Waals surface area contributed by atoms with Crippen LogP contribution >= 0.6 is 0 Å². The Morgan fingerprint density at radius 1 is 1.44 bits per heavy atom. The number of carbonyl (C=O) groups is 1. The van der Waals surface area contributed by atoms with Gasteiger partial charge in [-0.1, -0.05) is 32.6 Å². The largest absolute Gasteiger partial charge is 0.396 e. The van der Waals surface area contributed by atoms with Crippen LogP contribution in [-0.2, 0) is 4.79 Å². The predicted octanol–water partition coefficient (Wildman–Crippen LogP) is 1.99. The van der Waals surface area contributed by atoms with E-state index in [2.05, 4.69) is 5.32 Å². The van der Waals surface area contributed by atoms with Gasteiger partial charge in [0.05, 0.1) is 12.7 Å². The number of nitriles is 1. The molecule has 0 radical (unpaired) electrons. The van der Waals surface area contributed by atoms with E-state index in [4.69, 9.17) is 5.26 Å². The third-order valence-electron chi connectivity index (χ3n) is 3.94. The first-order chi connectivity index (χ1) is 8.67. The van der Waals surface area contributed by atoms with Crippen molar-refractivity contribution in [3.05, 3.63) is 0 Å². The molecule has 1 unspecified atom stereocenters. The lowest BCUT2D eigenvalue weighted by Gasteiger charge is -2.35. The van der Waals surface area contributed by atoms with E-state index < -0.39 is 5.92 Å². The van der Waals surface area contributed by atoms with E-state index >= 15 is 0 Å². The Hall–Kier alpha value is -1.08. The maximum atomic E-state index is 11.8. The van der Waals surface area contributed by atoms with Gasteiger partial charge in [0.15, 0.2) is 0 Å². The molecule has 4 nitrogen and oxygen atoms in total. The molecule has 0 spiro atoms. The van der Waals surface area contributed by atoms with Gasteiger partial charge >= 0.3 is 0 Å². The second kappa shape index (κ2) is 7.38. The van der Waals surface area contributed by atoms with Crippen molar-refractivity contribution >= 4 is 5.91 Å². The van der Waals surface area contributed by atoms with Crippen LogP contribution in [0, 0.1) is 22.7 Å². The average Bonchev–Trinajstić information content (AvgIpc) is 2.43. The summed E-state index contributed by atoms with van der Waals surface area (Å²) in [4.78, 5) is 11.8. The molecule has 1 rings (SSSR count). The van der Waals surface area contributed by atoms with Crippen molar-refractivity contribution in [2.45, 2.75) is 51.9 Å². The fourth-order valence-corrected chi connectivity index (χ4v) is 2.63. The fourth-order valence-electron chi connectivity index (χ4n) is 2.63. The number of nitrogens with zero attached hydrogens (tertiary/aromatic N) is 1. The Balaban J connectivity index is 2.47. The summed E-state index contributed by atoms with van der Waals surface area (Å²) in [6.07, 6.45) is 6.82. The molecule has 4 heteroatoms. The first kappa shape index (κ1) is 15.0. The van der Waals surface area contributed by atoms with Gasteiger partial charge in [-0.3, -0.25) is 4.79 Å². The van der Waals surface area contributed by atoms with E-state index in [1.165, 1.54) is 6.42 Å². The van der Waals surface area contributed by atoms with Crippen molar-refractivity contribution in [2.24, 2.45) is 11.3 Å². The number of carbonyl (C=O) groups excluding carboxylic acids is 1. The summed E-state index contributed by atoms with van der Waals surface area (Å²) in [5.74, 6) is -0.730. The zero-order valence-corrected chi connectivity index (χ0v) is 11.2. The smallest absolute Gasteiger partial charge is 0.237 e. The summed E-state index contributed by atoms with van der Waals surface area (Å²) in [5, 5.41) is 21.3. The minimum Gasteiger partial charge on any atom is -0.396 e. The Morgan fingerprint density at radius 3 is 2.61 bits per heavy atom. The monoisotopic (exact) mass is 252 g/mol. The summed E-state index contributed by atoms with van der Waals surface area (Å²) in [7, 11) is 0. The number of nitrogens with one attached hydrogen (secondary N) is 1. The molecule has 1 fully saturated rings. The minimum absolute atomic E-state index is 0.123. The van der Waals surface area contributed by atoms with Gasteiger partial charge in [-0.2, -0.15) is 5.26 Å². The van der Waals surface area contributed by atoms with Crippen LogP contribution in [0.3, 0.4) is 0 Å². The normalized spacial score (nSPS) is 19.8. The maximum Gasteiger partial charge on any atom is 0.237 e. The quantitative estimate of drug-likeness (QED) is 0.759. The Bertz CT molecular complexity index is 303. The summed E-state index contributed by atoms with van der Waals surface area (Å²) in [6.45, 7) is 2.59. The summed E-state index contributed by atoms with van der Waals surface area (Å²) >= 11 is 0. The molecule has 102 valence electrons. The Labute approximate surface area is 109 Å². The van der Waals surface area contributed by atoms with Crippen molar-refractivity contribution in [3.63, 3.8) is 0 Å². The van der Waals surface area contributed by atoms with Crippen molar-refractivity contribution in [1.29, 1.82) is 5.26 Å². The fraction of sp³-hybridized carbons (Fsp3) is 0.857. The van der Waals surface area contributed by atoms with E-state index in [1.54, 1.807) is 0 Å². The van der Waals surface area contributed by atoms with Gasteiger partial charge in [0.25, 0.3) is 0 Å². The van der Waals surface area contributed by atoms with Crippen LogP contribution < -0.4 is 5.32 Å². The van der Waals surface area contributed by atoms with Gasteiger partial charge in [0, 0.05) is 12.0 Å². The van der Waals surface area contributed by atoms with Gasteiger partial charge in [0.2, 0.25) is 5.91 Å². The topological polar surface area (TPSA) is 73.1 Å². The molecule has 0 bridgehead atoms. The van der Waals surface area contributed by atoms with Crippen molar-refractivity contribution in [3.8, 4) is 6.07 Å². The molecule has 1 amide bonds. The molecular weight excluding hydrogens is 228 g/mol. The van der Waals surface area contributed by atoms with Gasteiger partial charge in [-0.25, -0.2) is 0 Å². The lowest BCUT2D eigenvalue weighted by molar-refractivity contribution is -0.124. The lowest BCUT2D eigenvalue weighted by Crippen LogP contribution is -2.43. The molecule has 1 aliphatic carbocycles. The molecule has 1 saturated carbocycles. The molecule has 2 N–H and O–H groups in total. The first-order valence-electron chi connectivity index (χ1n) is 6.95. The highest BCUT2D eigenvalue weighted by Gasteiger charge is 2.32. The zero-order chi connectivity index (χ0) is 13.4. The number of aliphatic hydroxyl groups excluding tert-OH is 1. The van der Waals surface area contributed by atoms with Gasteiger partial charge in [0.1, 0.15) is 5.92 Å². The van der Waals surface area contributed by atoms with Crippen LogP contribution in [0.15, 0.2) is 0 Å². The highest BCUT2D eigenvalue weighted by Crippen LogP contribution is 2.35. The second-order valence-corrected chi connectivity index (χ2v) is 5.41. The van der Waals surface area contributed by atoms with Crippen LogP contribution in [-0.4, -0.2) is 24.2 Å². The van der Waals surface area contributed by atoms with Crippen LogP contribution in [0.25, 0.3) is 0 Å². The maximum absolute atomic E-state index is 11.8. The Morgan fingerprint density at radius 2 is 2.11 bits per heavy atom. The third-order valence-corrected chi connectivity index (χ3v) is 3.94. The van der Waals surface area contributed by atoms with E-state index in [-0.39, 0.29) is 17.9 Å². The predicted molar refractivity (Wildman–Crippen MR) is 69.6 cm³/mol.